The molecule has 0 unspecified atom stereocenters. The Morgan fingerprint density at radius 3 is 2.55 bits per heavy atom. The smallest absolute Gasteiger partial charge is 0.271 e. The number of allylic oxidation sites excluding steroid dienone is 1. The summed E-state index contributed by atoms with van der Waals surface area (Å²) in [6, 6.07) is 19.3. The molecule has 0 spiro atoms. The van der Waals surface area contributed by atoms with E-state index >= 15 is 0 Å². The Hall–Kier alpha value is -4.61. The van der Waals surface area contributed by atoms with Gasteiger partial charge in [0.05, 0.1) is 21.8 Å². The minimum absolute atomic E-state index is 0.300. The van der Waals surface area contributed by atoms with Crippen LogP contribution in [0.25, 0.3) is 6.08 Å². The molecule has 0 aliphatic carbocycles. The van der Waals surface area contributed by atoms with Crippen molar-refractivity contribution in [2.75, 3.05) is 5.32 Å². The second-order valence-electron chi connectivity index (χ2n) is 8.74. The fourth-order valence-electron chi connectivity index (χ4n) is 4.32. The van der Waals surface area contributed by atoms with Crippen molar-refractivity contribution in [2.45, 2.75) is 23.2 Å². The van der Waals surface area contributed by atoms with Gasteiger partial charge in [-0.1, -0.05) is 41.7 Å². The molecule has 0 saturated carbocycles. The zero-order chi connectivity index (χ0) is 27.6. The molecule has 1 atom stereocenters. The lowest BCUT2D eigenvalue weighted by molar-refractivity contribution is -0.113. The molecule has 1 aliphatic rings. The van der Waals surface area contributed by atoms with Crippen LogP contribution in [-0.2, 0) is 4.79 Å². The molecule has 8 nitrogen and oxygen atoms in total. The molecule has 0 bridgehead atoms. The Morgan fingerprint density at radius 2 is 1.80 bits per heavy atom. The van der Waals surface area contributed by atoms with Gasteiger partial charge in [0.2, 0.25) is 0 Å². The highest BCUT2D eigenvalue weighted by Gasteiger charge is 2.32. The van der Waals surface area contributed by atoms with Crippen LogP contribution >= 0.6 is 23.1 Å². The average Bonchev–Trinajstić information content (AvgIpc) is 3.52. The number of anilines is 1. The van der Waals surface area contributed by atoms with E-state index in [1.54, 1.807) is 67.9 Å². The number of benzene rings is 2. The van der Waals surface area contributed by atoms with Crippen LogP contribution in [0.4, 0.5) is 10.1 Å². The Labute approximate surface area is 235 Å². The predicted octanol–water partition coefficient (Wildman–Crippen LogP) is 4.55. The number of amides is 1. The first-order valence-electron chi connectivity index (χ1n) is 12.2. The van der Waals surface area contributed by atoms with Crippen LogP contribution in [-0.4, -0.2) is 20.4 Å². The van der Waals surface area contributed by atoms with Crippen LogP contribution in [0.5, 0.6) is 0 Å². The SMILES string of the molecule is CC1=C(C(=O)Nc2ccccc2)[C@@H](c2ccc(F)cc2)n2c(s/c(=C/c3ccc(Sc4ncccn4)o3)c2=O)=N1. The highest BCUT2D eigenvalue weighted by Crippen LogP contribution is 2.31. The largest absolute Gasteiger partial charge is 0.450 e. The molecule has 1 amide bonds. The van der Waals surface area contributed by atoms with Gasteiger partial charge in [0, 0.05) is 24.2 Å². The fourth-order valence-corrected chi connectivity index (χ4v) is 6.02. The molecular formula is C29H20FN5O3S2. The highest BCUT2D eigenvalue weighted by molar-refractivity contribution is 7.99. The van der Waals surface area contributed by atoms with Gasteiger partial charge in [-0.05, 0) is 66.7 Å². The molecule has 0 fully saturated rings. The second-order valence-corrected chi connectivity index (χ2v) is 10.7. The van der Waals surface area contributed by atoms with Crippen molar-refractivity contribution in [1.29, 1.82) is 0 Å². The zero-order valence-corrected chi connectivity index (χ0v) is 22.6. The van der Waals surface area contributed by atoms with Gasteiger partial charge in [-0.15, -0.1) is 0 Å². The van der Waals surface area contributed by atoms with E-state index < -0.39 is 17.8 Å². The number of thiazole rings is 1. The van der Waals surface area contributed by atoms with E-state index in [-0.39, 0.29) is 5.56 Å². The van der Waals surface area contributed by atoms with Crippen LogP contribution in [0.15, 0.2) is 121 Å². The minimum atomic E-state index is -0.805. The van der Waals surface area contributed by atoms with E-state index in [0.717, 1.165) is 0 Å². The van der Waals surface area contributed by atoms with Crippen molar-refractivity contribution in [3.63, 3.8) is 0 Å². The summed E-state index contributed by atoms with van der Waals surface area (Å²) in [7, 11) is 0. The van der Waals surface area contributed by atoms with E-state index in [9.17, 15) is 14.0 Å². The van der Waals surface area contributed by atoms with Gasteiger partial charge >= 0.3 is 0 Å². The molecule has 1 N–H and O–H groups in total. The third kappa shape index (κ3) is 5.16. The molecule has 0 radical (unpaired) electrons. The number of rotatable bonds is 6. The number of hydrogen-bond donors (Lipinski definition) is 1. The van der Waals surface area contributed by atoms with Crippen molar-refractivity contribution in [3.8, 4) is 0 Å². The van der Waals surface area contributed by atoms with Gasteiger partial charge in [0.15, 0.2) is 15.1 Å². The summed E-state index contributed by atoms with van der Waals surface area (Å²) >= 11 is 2.45. The summed E-state index contributed by atoms with van der Waals surface area (Å²) in [5.41, 5.74) is 1.62. The second kappa shape index (κ2) is 10.9. The standard InChI is InChI=1S/C29H20FN5O3S2/c1-17-24(26(36)34-20-6-3-2-4-7-20)25(18-8-10-19(30)11-9-18)35-27(37)22(39-29(35)33-17)16-21-12-13-23(38-21)40-28-31-14-5-15-32-28/h2-16,25H,1H3,(H,34,36)/b22-16+/t25-/m1/s1. The number of aromatic nitrogens is 3. The van der Waals surface area contributed by atoms with Crippen molar-refractivity contribution < 1.29 is 13.6 Å². The van der Waals surface area contributed by atoms with Gasteiger partial charge in [0.25, 0.3) is 11.5 Å². The third-order valence-electron chi connectivity index (χ3n) is 6.09. The third-order valence-corrected chi connectivity index (χ3v) is 7.89. The van der Waals surface area contributed by atoms with E-state index in [2.05, 4.69) is 20.3 Å². The number of fused-ring (bicyclic) bond motifs is 1. The van der Waals surface area contributed by atoms with Crippen LogP contribution in [0, 0.1) is 5.82 Å². The van der Waals surface area contributed by atoms with E-state index in [1.165, 1.54) is 39.8 Å². The molecule has 3 aromatic heterocycles. The van der Waals surface area contributed by atoms with Gasteiger partial charge in [-0.25, -0.2) is 19.4 Å². The van der Waals surface area contributed by atoms with Crippen LogP contribution in [0.2, 0.25) is 0 Å². The first-order valence-corrected chi connectivity index (χ1v) is 13.8. The molecule has 11 heteroatoms. The first-order chi connectivity index (χ1) is 19.5. The molecule has 2 aromatic carbocycles. The fraction of sp³-hybridized carbons (Fsp3) is 0.0690. The van der Waals surface area contributed by atoms with Gasteiger partial charge in [-0.2, -0.15) is 0 Å². The average molecular weight is 570 g/mol. The summed E-state index contributed by atoms with van der Waals surface area (Å²) in [5.74, 6) is -0.341. The van der Waals surface area contributed by atoms with E-state index in [4.69, 9.17) is 4.42 Å². The number of carbonyl (C=O) groups is 1. The topological polar surface area (TPSA) is 102 Å². The summed E-state index contributed by atoms with van der Waals surface area (Å²) in [6.45, 7) is 1.73. The molecule has 5 aromatic rings. The maximum Gasteiger partial charge on any atom is 0.271 e. The summed E-state index contributed by atoms with van der Waals surface area (Å²) in [6.07, 6.45) is 4.94. The lowest BCUT2D eigenvalue weighted by atomic mass is 9.95. The van der Waals surface area contributed by atoms with Crippen molar-refractivity contribution in [2.24, 2.45) is 4.99 Å². The molecule has 198 valence electrons. The summed E-state index contributed by atoms with van der Waals surface area (Å²) < 4.78 is 21.6. The lowest BCUT2D eigenvalue weighted by Gasteiger charge is -2.25. The number of halogens is 1. The number of nitrogens with zero attached hydrogens (tertiary/aromatic N) is 4. The maximum absolute atomic E-state index is 13.8. The van der Waals surface area contributed by atoms with Crippen molar-refractivity contribution in [1.82, 2.24) is 14.5 Å². The monoisotopic (exact) mass is 569 g/mol. The number of para-hydroxylation sites is 1. The molecule has 1 aliphatic heterocycles. The molecule has 6 rings (SSSR count). The number of furan rings is 1. The normalized spacial score (nSPS) is 15.1. The van der Waals surface area contributed by atoms with Gasteiger partial charge in [-0.3, -0.25) is 14.2 Å². The summed E-state index contributed by atoms with van der Waals surface area (Å²) in [4.78, 5) is 40.7. The Morgan fingerprint density at radius 1 is 1.05 bits per heavy atom. The van der Waals surface area contributed by atoms with Crippen LogP contribution < -0.4 is 20.2 Å². The maximum atomic E-state index is 13.8. The van der Waals surface area contributed by atoms with Crippen molar-refractivity contribution in [3.05, 3.63) is 133 Å². The van der Waals surface area contributed by atoms with Gasteiger partial charge < -0.3 is 9.73 Å². The Kier molecular flexibility index (Phi) is 6.97. The molecule has 0 saturated heterocycles. The van der Waals surface area contributed by atoms with Crippen LogP contribution in [0.1, 0.15) is 24.3 Å². The minimum Gasteiger partial charge on any atom is -0.450 e. The molecule has 40 heavy (non-hydrogen) atoms. The predicted molar refractivity (Wildman–Crippen MR) is 150 cm³/mol. The van der Waals surface area contributed by atoms with E-state index in [0.29, 0.717) is 47.9 Å². The quantitative estimate of drug-likeness (QED) is 0.301. The zero-order valence-electron chi connectivity index (χ0n) is 20.9. The van der Waals surface area contributed by atoms with Crippen molar-refractivity contribution >= 4 is 40.8 Å². The molecular weight excluding hydrogens is 549 g/mol. The lowest BCUT2D eigenvalue weighted by Crippen LogP contribution is -2.40. The first kappa shape index (κ1) is 25.7. The summed E-state index contributed by atoms with van der Waals surface area (Å²) in [5, 5.41) is 4.01. The Balaban J connectivity index is 1.41. The Bertz CT molecular complexity index is 1910. The highest BCUT2D eigenvalue weighted by atomic mass is 32.2. The van der Waals surface area contributed by atoms with Crippen LogP contribution in [0.3, 0.4) is 0 Å². The molecule has 4 heterocycles. The van der Waals surface area contributed by atoms with E-state index in [1.807, 2.05) is 18.2 Å². The number of hydrogen-bond acceptors (Lipinski definition) is 8. The number of carbonyl (C=O) groups excluding carboxylic acids is 1. The number of nitrogens with one attached hydrogen (secondary N) is 1. The van der Waals surface area contributed by atoms with Gasteiger partial charge in [0.1, 0.15) is 11.6 Å².